The highest BCUT2D eigenvalue weighted by atomic mass is 79.9. The van der Waals surface area contributed by atoms with Gasteiger partial charge in [-0.2, -0.15) is 0 Å². The van der Waals surface area contributed by atoms with E-state index < -0.39 is 10.0 Å². The van der Waals surface area contributed by atoms with Gasteiger partial charge < -0.3 is 0 Å². The predicted octanol–water partition coefficient (Wildman–Crippen LogP) is 5.85. The Balaban J connectivity index is 2.47. The summed E-state index contributed by atoms with van der Waals surface area (Å²) in [6, 6.07) is 8.59. The zero-order valence-corrected chi connectivity index (χ0v) is 17.8. The van der Waals surface area contributed by atoms with E-state index in [1.54, 1.807) is 12.1 Å². The summed E-state index contributed by atoms with van der Waals surface area (Å²) in [5, 5.41) is 0. The Morgan fingerprint density at radius 3 is 2.00 bits per heavy atom. The minimum Gasteiger partial charge on any atom is -0.277 e. The van der Waals surface area contributed by atoms with Crippen molar-refractivity contribution in [2.24, 2.45) is 0 Å². The van der Waals surface area contributed by atoms with Crippen LogP contribution in [-0.2, 0) is 10.0 Å². The van der Waals surface area contributed by atoms with Crippen LogP contribution < -0.4 is 4.72 Å². The van der Waals surface area contributed by atoms with Crippen LogP contribution in [-0.4, -0.2) is 8.42 Å². The van der Waals surface area contributed by atoms with E-state index in [1.165, 1.54) is 6.07 Å². The van der Waals surface area contributed by atoms with E-state index in [0.717, 1.165) is 10.0 Å². The minimum atomic E-state index is -3.70. The summed E-state index contributed by atoms with van der Waals surface area (Å²) in [4.78, 5) is 0.171. The Hall–Kier alpha value is 0.110. The minimum absolute atomic E-state index is 0.171. The van der Waals surface area contributed by atoms with E-state index in [4.69, 9.17) is 0 Å². The summed E-state index contributed by atoms with van der Waals surface area (Å²) in [5.74, 6) is 0. The smallest absolute Gasteiger partial charge is 0.263 e. The molecule has 0 aliphatic rings. The van der Waals surface area contributed by atoms with Gasteiger partial charge in [0, 0.05) is 17.9 Å². The summed E-state index contributed by atoms with van der Waals surface area (Å²) in [5.41, 5.74) is 1.48. The van der Waals surface area contributed by atoms with Crippen LogP contribution in [0.5, 0.6) is 0 Å². The molecule has 3 nitrogen and oxygen atoms in total. The monoisotopic (exact) mass is 559 g/mol. The SMILES string of the molecule is Cc1cc(Br)c(NS(=O)(=O)c2ccc(Br)cc2Br)c(Br)c1. The molecule has 0 atom stereocenters. The lowest BCUT2D eigenvalue weighted by atomic mass is 10.2. The van der Waals surface area contributed by atoms with Crippen LogP contribution in [0.15, 0.2) is 53.1 Å². The molecule has 2 aromatic carbocycles. The Bertz CT molecular complexity index is 783. The van der Waals surface area contributed by atoms with Crippen LogP contribution >= 0.6 is 63.7 Å². The second kappa shape index (κ2) is 6.70. The molecule has 2 rings (SSSR count). The second-order valence-electron chi connectivity index (χ2n) is 4.28. The molecule has 8 heteroatoms. The molecule has 0 saturated heterocycles. The van der Waals surface area contributed by atoms with Crippen molar-refractivity contribution < 1.29 is 8.42 Å². The average molecular weight is 563 g/mol. The van der Waals surface area contributed by atoms with E-state index in [1.807, 2.05) is 19.1 Å². The van der Waals surface area contributed by atoms with Gasteiger partial charge in [0.05, 0.1) is 5.69 Å². The molecule has 112 valence electrons. The highest BCUT2D eigenvalue weighted by molar-refractivity contribution is 9.11. The molecule has 1 N–H and O–H groups in total. The summed E-state index contributed by atoms with van der Waals surface area (Å²) in [7, 11) is -3.70. The van der Waals surface area contributed by atoms with Crippen LogP contribution in [0.3, 0.4) is 0 Å². The van der Waals surface area contributed by atoms with Gasteiger partial charge in [0.1, 0.15) is 4.90 Å². The highest BCUT2D eigenvalue weighted by Crippen LogP contribution is 2.35. The fourth-order valence-corrected chi connectivity index (χ4v) is 6.40. The molecule has 21 heavy (non-hydrogen) atoms. The molecule has 0 aliphatic heterocycles. The molecule has 0 aromatic heterocycles. The van der Waals surface area contributed by atoms with Gasteiger partial charge in [-0.25, -0.2) is 8.42 Å². The first-order valence-corrected chi connectivity index (χ1v) is 10.3. The fraction of sp³-hybridized carbons (Fsp3) is 0.0769. The zero-order valence-electron chi connectivity index (χ0n) is 10.6. The third kappa shape index (κ3) is 4.10. The van der Waals surface area contributed by atoms with E-state index in [9.17, 15) is 8.42 Å². The lowest BCUT2D eigenvalue weighted by Crippen LogP contribution is -2.14. The molecule has 2 aromatic rings. The molecular formula is C13H9Br4NO2S. The van der Waals surface area contributed by atoms with Crippen LogP contribution in [0.1, 0.15) is 5.56 Å². The highest BCUT2D eigenvalue weighted by Gasteiger charge is 2.20. The molecule has 0 saturated carbocycles. The summed E-state index contributed by atoms with van der Waals surface area (Å²) in [6.07, 6.45) is 0. The number of benzene rings is 2. The van der Waals surface area contributed by atoms with Gasteiger partial charge >= 0.3 is 0 Å². The first-order valence-electron chi connectivity index (χ1n) is 5.64. The predicted molar refractivity (Wildman–Crippen MR) is 99.2 cm³/mol. The van der Waals surface area contributed by atoms with Crippen LogP contribution in [0.2, 0.25) is 0 Å². The maximum Gasteiger partial charge on any atom is 0.263 e. The summed E-state index contributed by atoms with van der Waals surface area (Å²) < 4.78 is 30.3. The zero-order chi connectivity index (χ0) is 15.8. The normalized spacial score (nSPS) is 11.5. The molecular weight excluding hydrogens is 554 g/mol. The third-order valence-electron chi connectivity index (χ3n) is 2.61. The van der Waals surface area contributed by atoms with Gasteiger partial charge in [-0.15, -0.1) is 0 Å². The third-order valence-corrected chi connectivity index (χ3v) is 6.68. The standard InChI is InChI=1S/C13H9Br4NO2S/c1-7-4-10(16)13(11(17)5-7)18-21(19,20)12-3-2-8(14)6-9(12)15/h2-6,18H,1H3. The summed E-state index contributed by atoms with van der Waals surface area (Å²) >= 11 is 13.3. The van der Waals surface area contributed by atoms with Crippen LogP contribution in [0, 0.1) is 6.92 Å². The van der Waals surface area contributed by atoms with Crippen molar-refractivity contribution >= 4 is 79.4 Å². The number of anilines is 1. The topological polar surface area (TPSA) is 46.2 Å². The quantitative estimate of drug-likeness (QED) is 0.511. The number of hydrogen-bond acceptors (Lipinski definition) is 2. The molecule has 0 aliphatic carbocycles. The van der Waals surface area contributed by atoms with Gasteiger partial charge in [-0.05, 0) is 90.6 Å². The van der Waals surface area contributed by atoms with E-state index in [-0.39, 0.29) is 4.90 Å². The van der Waals surface area contributed by atoms with Crippen LogP contribution in [0.25, 0.3) is 0 Å². The van der Waals surface area contributed by atoms with Crippen molar-refractivity contribution in [1.82, 2.24) is 0 Å². The Labute approximate surface area is 157 Å². The Morgan fingerprint density at radius 2 is 1.48 bits per heavy atom. The molecule has 0 radical (unpaired) electrons. The lowest BCUT2D eigenvalue weighted by molar-refractivity contribution is 0.600. The van der Waals surface area contributed by atoms with Crippen molar-refractivity contribution in [1.29, 1.82) is 0 Å². The van der Waals surface area contributed by atoms with Crippen molar-refractivity contribution in [3.63, 3.8) is 0 Å². The van der Waals surface area contributed by atoms with Crippen molar-refractivity contribution in [3.05, 3.63) is 53.8 Å². The summed E-state index contributed by atoms with van der Waals surface area (Å²) in [6.45, 7) is 1.93. The first-order chi connectivity index (χ1) is 9.70. The number of aryl methyl sites for hydroxylation is 1. The number of sulfonamides is 1. The Morgan fingerprint density at radius 1 is 0.905 bits per heavy atom. The van der Waals surface area contributed by atoms with E-state index in [0.29, 0.717) is 19.1 Å². The number of hydrogen-bond donors (Lipinski definition) is 1. The molecule has 0 spiro atoms. The average Bonchev–Trinajstić information content (AvgIpc) is 2.33. The maximum absolute atomic E-state index is 12.5. The van der Waals surface area contributed by atoms with Crippen molar-refractivity contribution in [2.75, 3.05) is 4.72 Å². The van der Waals surface area contributed by atoms with E-state index >= 15 is 0 Å². The molecule has 0 fully saturated rings. The van der Waals surface area contributed by atoms with E-state index in [2.05, 4.69) is 68.4 Å². The Kier molecular flexibility index (Phi) is 5.57. The lowest BCUT2D eigenvalue weighted by Gasteiger charge is -2.13. The maximum atomic E-state index is 12.5. The van der Waals surface area contributed by atoms with Gasteiger partial charge in [-0.3, -0.25) is 4.72 Å². The fourth-order valence-electron chi connectivity index (χ4n) is 1.68. The number of halogens is 4. The van der Waals surface area contributed by atoms with Crippen LogP contribution in [0.4, 0.5) is 5.69 Å². The van der Waals surface area contributed by atoms with Gasteiger partial charge in [-0.1, -0.05) is 15.9 Å². The van der Waals surface area contributed by atoms with Crippen molar-refractivity contribution in [3.8, 4) is 0 Å². The molecule has 0 amide bonds. The molecule has 0 bridgehead atoms. The van der Waals surface area contributed by atoms with Gasteiger partial charge in [0.2, 0.25) is 0 Å². The number of rotatable bonds is 3. The van der Waals surface area contributed by atoms with Crippen molar-refractivity contribution in [2.45, 2.75) is 11.8 Å². The number of nitrogens with one attached hydrogen (secondary N) is 1. The molecule has 0 heterocycles. The largest absolute Gasteiger partial charge is 0.277 e. The molecule has 0 unspecified atom stereocenters. The second-order valence-corrected chi connectivity index (χ2v) is 9.41. The van der Waals surface area contributed by atoms with Gasteiger partial charge in [0.25, 0.3) is 10.0 Å². The first kappa shape index (κ1) is 17.5. The van der Waals surface area contributed by atoms with Gasteiger partial charge in [0.15, 0.2) is 0 Å².